The summed E-state index contributed by atoms with van der Waals surface area (Å²) in [6, 6.07) is 0. The third-order valence-corrected chi connectivity index (χ3v) is 6.05. The highest BCUT2D eigenvalue weighted by Crippen LogP contribution is 2.21. The molecule has 0 rings (SSSR count). The quantitative estimate of drug-likeness (QED) is 0.531. The molecule has 0 bridgehead atoms. The fourth-order valence-electron chi connectivity index (χ4n) is 1.26. The summed E-state index contributed by atoms with van der Waals surface area (Å²) in [7, 11) is 4.83. The molecule has 0 heterocycles. The molecule has 0 aromatic carbocycles. The molecule has 0 spiro atoms. The van der Waals surface area contributed by atoms with Gasteiger partial charge in [-0.1, -0.05) is 41.2 Å². The molecule has 14 heavy (non-hydrogen) atoms. The topological polar surface area (TPSA) is 6.48 Å². The van der Waals surface area contributed by atoms with E-state index in [1.54, 1.807) is 7.75 Å². The molecule has 0 saturated carbocycles. The van der Waals surface area contributed by atoms with E-state index in [0.717, 1.165) is 13.1 Å². The average Bonchev–Trinajstić information content (AvgIpc) is 2.02. The van der Waals surface area contributed by atoms with Crippen molar-refractivity contribution in [3.63, 3.8) is 0 Å². The van der Waals surface area contributed by atoms with E-state index in [4.69, 9.17) is 0 Å². The largest absolute Gasteiger partial charge is 0.269 e. The number of rotatable bonds is 5. The predicted octanol–water partition coefficient (Wildman–Crippen LogP) is 2.76. The van der Waals surface area contributed by atoms with Crippen molar-refractivity contribution in [2.24, 2.45) is 0 Å². The Morgan fingerprint density at radius 2 is 1.50 bits per heavy atom. The van der Waals surface area contributed by atoms with Gasteiger partial charge < -0.3 is 0 Å². The smallest absolute Gasteiger partial charge is 0.105 e. The van der Waals surface area contributed by atoms with Crippen molar-refractivity contribution in [2.75, 3.05) is 27.2 Å². The van der Waals surface area contributed by atoms with Gasteiger partial charge in [-0.2, -0.15) is 0 Å². The molecule has 0 aliphatic carbocycles. The molecule has 0 radical (unpaired) electrons. The maximum absolute atomic E-state index is 2.46. The maximum atomic E-state index is 2.46. The maximum Gasteiger partial charge on any atom is 0.105 e. The lowest BCUT2D eigenvalue weighted by atomic mass is 10.5. The zero-order valence-electron chi connectivity index (χ0n) is 10.8. The fourth-order valence-corrected chi connectivity index (χ4v) is 5.31. The summed E-state index contributed by atoms with van der Waals surface area (Å²) in [5.74, 6) is 0. The molecule has 0 aromatic heterocycles. The summed E-state index contributed by atoms with van der Waals surface area (Å²) in [5, 5.41) is 0. The first-order valence-corrected chi connectivity index (χ1v) is 10.6. The zero-order valence-corrected chi connectivity index (χ0v) is 12.7. The van der Waals surface area contributed by atoms with Gasteiger partial charge in [0.05, 0.1) is 5.54 Å². The van der Waals surface area contributed by atoms with Crippen LogP contribution in [0.4, 0.5) is 0 Å². The van der Waals surface area contributed by atoms with Crippen LogP contribution in [0, 0.1) is 0 Å². The normalized spacial score (nSPS) is 14.2. The van der Waals surface area contributed by atoms with Crippen LogP contribution in [0.15, 0.2) is 0 Å². The van der Waals surface area contributed by atoms with Crippen molar-refractivity contribution in [2.45, 2.75) is 33.5 Å². The summed E-state index contributed by atoms with van der Waals surface area (Å²) >= 11 is 0. The highest BCUT2D eigenvalue weighted by atomic mass is 31.3. The van der Waals surface area contributed by atoms with E-state index in [1.807, 2.05) is 0 Å². The van der Waals surface area contributed by atoms with E-state index in [1.165, 1.54) is 5.54 Å². The van der Waals surface area contributed by atoms with Crippen molar-refractivity contribution in [1.82, 2.24) is 9.80 Å². The first-order valence-electron chi connectivity index (χ1n) is 5.34. The Hall–Kier alpha value is 0.307. The second-order valence-corrected chi connectivity index (χ2v) is 14.3. The van der Waals surface area contributed by atoms with Gasteiger partial charge in [0.1, 0.15) is 7.74 Å². The van der Waals surface area contributed by atoms with Crippen LogP contribution in [-0.4, -0.2) is 50.3 Å². The van der Waals surface area contributed by atoms with Gasteiger partial charge in [-0.25, -0.2) is 0 Å². The third kappa shape index (κ3) is 5.25. The Labute approximate surface area is 91.9 Å². The van der Waals surface area contributed by atoms with E-state index < -0.39 is 7.74 Å². The molecule has 0 amide bonds. The highest BCUT2D eigenvalue weighted by Gasteiger charge is 2.17. The second-order valence-electron chi connectivity index (χ2n) is 4.65. The van der Waals surface area contributed by atoms with Crippen LogP contribution in [-0.2, 0) is 0 Å². The van der Waals surface area contributed by atoms with Crippen molar-refractivity contribution in [3.05, 3.63) is 0 Å². The summed E-state index contributed by atoms with van der Waals surface area (Å²) in [6.07, 6.45) is 0. The van der Waals surface area contributed by atoms with Crippen LogP contribution in [0.2, 0.25) is 19.6 Å². The molecule has 0 aromatic rings. The first-order chi connectivity index (χ1) is 6.31. The van der Waals surface area contributed by atoms with Gasteiger partial charge in [0.25, 0.3) is 0 Å². The lowest BCUT2D eigenvalue weighted by Gasteiger charge is -2.28. The third-order valence-electron chi connectivity index (χ3n) is 1.88. The van der Waals surface area contributed by atoms with E-state index in [2.05, 4.69) is 57.4 Å². The predicted molar refractivity (Wildman–Crippen MR) is 71.9 cm³/mol. The standard InChI is InChI=1S/C10H25N2PSi/c1-8-12(9-2)10(11(3)4)13-14(5,6)7/h8-9H2,1-7H3. The summed E-state index contributed by atoms with van der Waals surface area (Å²) in [5.41, 5.74) is 1.48. The fraction of sp³-hybridized carbons (Fsp3) is 0.900. The summed E-state index contributed by atoms with van der Waals surface area (Å²) in [4.78, 5) is 4.73. The Morgan fingerprint density at radius 3 is 1.71 bits per heavy atom. The van der Waals surface area contributed by atoms with Crippen molar-refractivity contribution in [3.8, 4) is 0 Å². The molecule has 0 atom stereocenters. The van der Waals surface area contributed by atoms with Gasteiger partial charge in [-0.15, -0.1) is 0 Å². The first kappa shape index (κ1) is 14.3. The minimum absolute atomic E-state index is 1.03. The highest BCUT2D eigenvalue weighted by molar-refractivity contribution is 7.81. The van der Waals surface area contributed by atoms with Crippen molar-refractivity contribution in [1.29, 1.82) is 0 Å². The van der Waals surface area contributed by atoms with E-state index >= 15 is 0 Å². The zero-order chi connectivity index (χ0) is 11.4. The molecule has 0 saturated heterocycles. The molecule has 4 heteroatoms. The molecule has 0 aliphatic rings. The van der Waals surface area contributed by atoms with Crippen LogP contribution >= 0.6 is 7.75 Å². The van der Waals surface area contributed by atoms with Crippen LogP contribution in [0.3, 0.4) is 0 Å². The summed E-state index contributed by atoms with van der Waals surface area (Å²) < 4.78 is 0. The second kappa shape index (κ2) is 6.01. The molecular formula is C10H25N2PSi. The van der Waals surface area contributed by atoms with Crippen molar-refractivity contribution >= 4 is 21.0 Å². The van der Waals surface area contributed by atoms with E-state index in [-0.39, 0.29) is 0 Å². The minimum Gasteiger partial charge on any atom is -0.269 e. The number of hydrogen-bond acceptors (Lipinski definition) is 0. The average molecular weight is 232 g/mol. The van der Waals surface area contributed by atoms with Crippen LogP contribution in [0.5, 0.6) is 0 Å². The Morgan fingerprint density at radius 1 is 1.07 bits per heavy atom. The van der Waals surface area contributed by atoms with E-state index in [0.29, 0.717) is 0 Å². The SMILES string of the molecule is CCN(CC)C(=P[Si](C)(C)C)N(C)C. The minimum atomic E-state index is -1.03. The van der Waals surface area contributed by atoms with Gasteiger partial charge in [0.15, 0.2) is 0 Å². The Bertz CT molecular complexity index is 193. The molecular weight excluding hydrogens is 207 g/mol. The molecule has 0 aliphatic heterocycles. The van der Waals surface area contributed by atoms with Gasteiger partial charge in [-0.3, -0.25) is 9.80 Å². The monoisotopic (exact) mass is 232 g/mol. The summed E-state index contributed by atoms with van der Waals surface area (Å²) in [6.45, 7) is 13.9. The van der Waals surface area contributed by atoms with Gasteiger partial charge in [-0.05, 0) is 14.1 Å². The lowest BCUT2D eigenvalue weighted by molar-refractivity contribution is 0.410. The molecule has 84 valence electrons. The lowest BCUT2D eigenvalue weighted by Crippen LogP contribution is -2.40. The molecule has 2 nitrogen and oxygen atoms in total. The van der Waals surface area contributed by atoms with Gasteiger partial charge in [0.2, 0.25) is 0 Å². The molecule has 0 N–H and O–H groups in total. The van der Waals surface area contributed by atoms with Gasteiger partial charge >= 0.3 is 0 Å². The molecule has 0 fully saturated rings. The van der Waals surface area contributed by atoms with E-state index in [9.17, 15) is 0 Å². The van der Waals surface area contributed by atoms with Crippen LogP contribution in [0.25, 0.3) is 0 Å². The van der Waals surface area contributed by atoms with Crippen LogP contribution in [0.1, 0.15) is 13.8 Å². The Kier molecular flexibility index (Phi) is 6.15. The Balaban J connectivity index is 4.84. The number of hydrogen-bond donors (Lipinski definition) is 0. The number of nitrogens with zero attached hydrogens (tertiary/aromatic N) is 2. The van der Waals surface area contributed by atoms with Crippen molar-refractivity contribution < 1.29 is 0 Å². The van der Waals surface area contributed by atoms with Crippen LogP contribution < -0.4 is 0 Å². The van der Waals surface area contributed by atoms with Gasteiger partial charge in [0, 0.05) is 13.1 Å². The molecule has 0 unspecified atom stereocenters.